The smallest absolute Gasteiger partial charge is 0.338 e. The van der Waals surface area contributed by atoms with Crippen molar-refractivity contribution in [1.82, 2.24) is 4.90 Å². The molecule has 1 fully saturated rings. The molecule has 0 atom stereocenters. The van der Waals surface area contributed by atoms with Gasteiger partial charge >= 0.3 is 5.97 Å². The number of nitrogens with zero attached hydrogens (tertiary/aromatic N) is 1. The van der Waals surface area contributed by atoms with Gasteiger partial charge in [0.15, 0.2) is 12.4 Å². The molecule has 0 radical (unpaired) electrons. The van der Waals surface area contributed by atoms with Crippen LogP contribution in [0.3, 0.4) is 0 Å². The van der Waals surface area contributed by atoms with E-state index in [0.717, 1.165) is 25.3 Å². The lowest BCUT2D eigenvalue weighted by atomic mass is 9.90. The number of likely N-dealkylation sites (tertiary alicyclic amines) is 1. The lowest BCUT2D eigenvalue weighted by Crippen LogP contribution is -2.41. The van der Waals surface area contributed by atoms with E-state index in [-0.39, 0.29) is 32.4 Å². The summed E-state index contributed by atoms with van der Waals surface area (Å²) in [5, 5.41) is 0. The van der Waals surface area contributed by atoms with Crippen LogP contribution in [0.5, 0.6) is 0 Å². The number of hydrogen-bond donors (Lipinski definition) is 0. The number of piperidine rings is 1. The minimum atomic E-state index is -3.97. The highest BCUT2D eigenvalue weighted by atomic mass is 32.2. The second kappa shape index (κ2) is 9.70. The molecule has 1 saturated heterocycles. The zero-order valence-corrected chi connectivity index (χ0v) is 20.4. The second-order valence-electron chi connectivity index (χ2n) is 9.13. The van der Waals surface area contributed by atoms with Crippen LogP contribution in [0, 0.1) is 5.92 Å². The van der Waals surface area contributed by atoms with Crippen molar-refractivity contribution >= 4 is 27.5 Å². The Labute approximate surface area is 209 Å². The largest absolute Gasteiger partial charge is 0.452 e. The van der Waals surface area contributed by atoms with Crippen molar-refractivity contribution in [2.24, 2.45) is 5.92 Å². The van der Waals surface area contributed by atoms with Gasteiger partial charge in [-0.2, -0.15) is 0 Å². The number of ketones is 1. The zero-order chi connectivity index (χ0) is 25.3. The Morgan fingerprint density at radius 1 is 0.861 bits per heavy atom. The first-order valence-electron chi connectivity index (χ1n) is 11.9. The molecule has 184 valence electrons. The first-order chi connectivity index (χ1) is 17.3. The van der Waals surface area contributed by atoms with E-state index >= 15 is 0 Å². The molecule has 0 aliphatic carbocycles. The fraction of sp³-hybridized carbons (Fsp3) is 0.250. The first kappa shape index (κ1) is 23.9. The summed E-state index contributed by atoms with van der Waals surface area (Å²) in [6.07, 6.45) is 2.74. The lowest BCUT2D eigenvalue weighted by molar-refractivity contribution is -0.135. The molecule has 0 aromatic heterocycles. The van der Waals surface area contributed by atoms with Crippen molar-refractivity contribution in [3.05, 3.63) is 95.1 Å². The van der Waals surface area contributed by atoms with Gasteiger partial charge < -0.3 is 9.64 Å². The molecule has 2 aliphatic rings. The molecule has 36 heavy (non-hydrogen) atoms. The minimum Gasteiger partial charge on any atom is -0.452 e. The zero-order valence-electron chi connectivity index (χ0n) is 19.6. The maximum absolute atomic E-state index is 13.1. The van der Waals surface area contributed by atoms with Crippen molar-refractivity contribution in [1.29, 1.82) is 0 Å². The van der Waals surface area contributed by atoms with E-state index in [4.69, 9.17) is 4.74 Å². The maximum Gasteiger partial charge on any atom is 0.338 e. The average molecular weight is 504 g/mol. The van der Waals surface area contributed by atoms with E-state index in [9.17, 15) is 22.8 Å². The second-order valence-corrected chi connectivity index (χ2v) is 11.0. The van der Waals surface area contributed by atoms with Gasteiger partial charge in [0.1, 0.15) is 0 Å². The third kappa shape index (κ3) is 4.56. The number of ether oxygens (including phenoxy) is 1. The average Bonchev–Trinajstić information content (AvgIpc) is 2.91. The number of rotatable bonds is 5. The third-order valence-corrected chi connectivity index (χ3v) is 8.69. The highest BCUT2D eigenvalue weighted by Gasteiger charge is 2.35. The standard InChI is InChI=1S/C28H25NO6S/c30-26(29-14-12-20(13-15-29)16-19-6-2-1-3-7-19)18-35-28(32)21-10-11-23-25(17-21)36(33,34)24-9-5-4-8-22(24)27(23)31/h1-11,17,20H,12-16,18H2. The van der Waals surface area contributed by atoms with E-state index in [2.05, 4.69) is 12.1 Å². The number of benzene rings is 3. The molecule has 7 nitrogen and oxygen atoms in total. The Morgan fingerprint density at radius 3 is 2.28 bits per heavy atom. The van der Waals surface area contributed by atoms with Gasteiger partial charge in [-0.25, -0.2) is 13.2 Å². The van der Waals surface area contributed by atoms with E-state index in [1.165, 1.54) is 29.8 Å². The number of carbonyl (C=O) groups excluding carboxylic acids is 3. The molecule has 0 saturated carbocycles. The highest BCUT2D eigenvalue weighted by Crippen LogP contribution is 2.34. The van der Waals surface area contributed by atoms with Gasteiger partial charge in [-0.05, 0) is 61.1 Å². The van der Waals surface area contributed by atoms with Crippen LogP contribution in [0.2, 0.25) is 0 Å². The van der Waals surface area contributed by atoms with Gasteiger partial charge in [0, 0.05) is 24.2 Å². The Balaban J connectivity index is 1.20. The van der Waals surface area contributed by atoms with Crippen LogP contribution in [0.1, 0.15) is 44.7 Å². The van der Waals surface area contributed by atoms with Crippen molar-refractivity contribution in [2.45, 2.75) is 29.1 Å². The summed E-state index contributed by atoms with van der Waals surface area (Å²) in [6, 6.07) is 20.1. The summed E-state index contributed by atoms with van der Waals surface area (Å²) >= 11 is 0. The summed E-state index contributed by atoms with van der Waals surface area (Å²) in [5.74, 6) is -1.01. The van der Waals surface area contributed by atoms with Crippen LogP contribution in [0.25, 0.3) is 0 Å². The van der Waals surface area contributed by atoms with Crippen molar-refractivity contribution in [3.8, 4) is 0 Å². The molecule has 0 N–H and O–H groups in total. The van der Waals surface area contributed by atoms with Crippen LogP contribution >= 0.6 is 0 Å². The number of carbonyl (C=O) groups is 3. The molecular formula is C28H25NO6S. The number of sulfone groups is 1. The SMILES string of the molecule is O=C(OCC(=O)N1CCC(Cc2ccccc2)CC1)c1ccc2c(c1)S(=O)(=O)c1ccccc1C2=O. The molecular weight excluding hydrogens is 478 g/mol. The number of esters is 1. The summed E-state index contributed by atoms with van der Waals surface area (Å²) in [7, 11) is -3.97. The van der Waals surface area contributed by atoms with Gasteiger partial charge in [-0.15, -0.1) is 0 Å². The molecule has 1 amide bonds. The van der Waals surface area contributed by atoms with Crippen molar-refractivity contribution < 1.29 is 27.5 Å². The molecule has 2 aliphatic heterocycles. The van der Waals surface area contributed by atoms with Gasteiger partial charge in [0.2, 0.25) is 9.84 Å². The van der Waals surface area contributed by atoms with E-state index in [1.807, 2.05) is 18.2 Å². The van der Waals surface area contributed by atoms with Crippen molar-refractivity contribution in [2.75, 3.05) is 19.7 Å². The van der Waals surface area contributed by atoms with Gasteiger partial charge in [-0.3, -0.25) is 9.59 Å². The Kier molecular flexibility index (Phi) is 6.45. The van der Waals surface area contributed by atoms with E-state index in [0.29, 0.717) is 19.0 Å². The van der Waals surface area contributed by atoms with Gasteiger partial charge in [0.05, 0.1) is 15.4 Å². The quantitative estimate of drug-likeness (QED) is 0.385. The normalized spacial score (nSPS) is 16.7. The van der Waals surface area contributed by atoms with Crippen LogP contribution in [-0.2, 0) is 25.8 Å². The summed E-state index contributed by atoms with van der Waals surface area (Å²) in [4.78, 5) is 39.4. The topological polar surface area (TPSA) is 97.8 Å². The fourth-order valence-electron chi connectivity index (χ4n) is 4.85. The van der Waals surface area contributed by atoms with Crippen molar-refractivity contribution in [3.63, 3.8) is 0 Å². The van der Waals surface area contributed by atoms with Crippen LogP contribution in [-0.4, -0.2) is 50.7 Å². The molecule has 2 heterocycles. The number of fused-ring (bicyclic) bond motifs is 2. The monoisotopic (exact) mass is 503 g/mol. The molecule has 3 aromatic rings. The van der Waals surface area contributed by atoms with E-state index in [1.54, 1.807) is 17.0 Å². The summed E-state index contributed by atoms with van der Waals surface area (Å²) in [5.41, 5.74) is 1.38. The van der Waals surface area contributed by atoms with E-state index < -0.39 is 28.2 Å². The Bertz CT molecular complexity index is 1440. The third-order valence-electron chi connectivity index (χ3n) is 6.83. The highest BCUT2D eigenvalue weighted by molar-refractivity contribution is 7.91. The molecule has 0 bridgehead atoms. The lowest BCUT2D eigenvalue weighted by Gasteiger charge is -2.32. The summed E-state index contributed by atoms with van der Waals surface area (Å²) in [6.45, 7) is 0.784. The van der Waals surface area contributed by atoms with Gasteiger partial charge in [0.25, 0.3) is 5.91 Å². The molecule has 8 heteroatoms. The Hall–Kier alpha value is -3.78. The molecule has 5 rings (SSSR count). The first-order valence-corrected chi connectivity index (χ1v) is 13.3. The molecule has 3 aromatic carbocycles. The minimum absolute atomic E-state index is 0.0136. The predicted octanol–water partition coefficient (Wildman–Crippen LogP) is 3.70. The fourth-order valence-corrected chi connectivity index (χ4v) is 6.52. The summed E-state index contributed by atoms with van der Waals surface area (Å²) < 4.78 is 31.3. The number of amides is 1. The van der Waals surface area contributed by atoms with Crippen LogP contribution < -0.4 is 0 Å². The van der Waals surface area contributed by atoms with Crippen LogP contribution in [0.4, 0.5) is 0 Å². The molecule has 0 unspecified atom stereocenters. The van der Waals surface area contributed by atoms with Crippen LogP contribution in [0.15, 0.2) is 82.6 Å². The predicted molar refractivity (Wildman–Crippen MR) is 132 cm³/mol. The maximum atomic E-state index is 13.1. The Morgan fingerprint density at radius 2 is 1.53 bits per heavy atom. The molecule has 0 spiro atoms. The number of hydrogen-bond acceptors (Lipinski definition) is 6. The van der Waals surface area contributed by atoms with Gasteiger partial charge in [-0.1, -0.05) is 42.5 Å².